The quantitative estimate of drug-likeness (QED) is 0.0548. The van der Waals surface area contributed by atoms with Crippen LogP contribution in [0.15, 0.2) is 131 Å². The second-order valence-corrected chi connectivity index (χ2v) is 18.3. The number of sulfonamides is 1. The number of anilines is 3. The molecule has 1 aromatic heterocycles. The van der Waals surface area contributed by atoms with E-state index in [0.29, 0.717) is 34.9 Å². The van der Waals surface area contributed by atoms with Gasteiger partial charge in [-0.25, -0.2) is 18.4 Å². The lowest BCUT2D eigenvalue weighted by Crippen LogP contribution is -2.46. The molecule has 8 rings (SSSR count). The number of morpholine rings is 1. The van der Waals surface area contributed by atoms with Crippen LogP contribution in [0.1, 0.15) is 12.0 Å². The van der Waals surface area contributed by atoms with Gasteiger partial charge in [-0.3, -0.25) is 24.6 Å². The molecule has 3 heterocycles. The number of rotatable bonds is 16. The van der Waals surface area contributed by atoms with Crippen molar-refractivity contribution < 1.29 is 18.1 Å². The third kappa shape index (κ3) is 10.8. The summed E-state index contributed by atoms with van der Waals surface area (Å²) in [5, 5.41) is 17.0. The summed E-state index contributed by atoms with van der Waals surface area (Å²) in [6, 6.07) is 35.9. The van der Waals surface area contributed by atoms with Crippen LogP contribution in [0.3, 0.4) is 0 Å². The predicted octanol–water partition coefficient (Wildman–Crippen LogP) is 8.28. The van der Waals surface area contributed by atoms with E-state index in [1.54, 1.807) is 11.8 Å². The number of nitrogens with one attached hydrogen (secondary N) is 2. The number of halogens is 1. The molecule has 2 aliphatic heterocycles. The number of nitro benzene ring substituents is 1. The Bertz CT molecular complexity index is 2560. The Kier molecular flexibility index (Phi) is 13.6. The van der Waals surface area contributed by atoms with Crippen LogP contribution in [0.2, 0.25) is 5.02 Å². The number of piperazine rings is 1. The summed E-state index contributed by atoms with van der Waals surface area (Å²) < 4.78 is 35.7. The van der Waals surface area contributed by atoms with Gasteiger partial charge in [-0.15, -0.1) is 11.8 Å². The minimum absolute atomic E-state index is 0.0862. The third-order valence-electron chi connectivity index (χ3n) is 11.1. The zero-order chi connectivity index (χ0) is 42.2. The summed E-state index contributed by atoms with van der Waals surface area (Å²) >= 11 is 8.10. The van der Waals surface area contributed by atoms with Crippen molar-refractivity contribution in [2.24, 2.45) is 0 Å². The molecule has 0 unspecified atom stereocenters. The van der Waals surface area contributed by atoms with Gasteiger partial charge >= 0.3 is 0 Å². The highest BCUT2D eigenvalue weighted by Crippen LogP contribution is 2.33. The number of fused-ring (bicyclic) bond motifs is 1. The Hall–Kier alpha value is -5.29. The Morgan fingerprint density at radius 3 is 2.34 bits per heavy atom. The summed E-state index contributed by atoms with van der Waals surface area (Å²) in [6.45, 7) is 7.88. The van der Waals surface area contributed by atoms with Crippen LogP contribution in [0.25, 0.3) is 22.0 Å². The first-order valence-electron chi connectivity index (χ1n) is 20.3. The van der Waals surface area contributed by atoms with Crippen molar-refractivity contribution in [3.8, 4) is 11.1 Å². The fourth-order valence-corrected chi connectivity index (χ4v) is 9.99. The van der Waals surface area contributed by atoms with Gasteiger partial charge in [0.2, 0.25) is 0 Å². The highest BCUT2D eigenvalue weighted by Gasteiger charge is 2.26. The van der Waals surface area contributed by atoms with Crippen molar-refractivity contribution in [1.82, 2.24) is 19.8 Å². The Morgan fingerprint density at radius 2 is 1.59 bits per heavy atom. The number of hydrogen-bond donors (Lipinski definition) is 2. The summed E-state index contributed by atoms with van der Waals surface area (Å²) in [7, 11) is -4.28. The maximum atomic E-state index is 13.8. The molecule has 16 heteroatoms. The molecule has 5 aromatic carbocycles. The second-order valence-electron chi connectivity index (χ2n) is 15.1. The molecule has 0 spiro atoms. The van der Waals surface area contributed by atoms with Crippen molar-refractivity contribution in [1.29, 1.82) is 0 Å². The van der Waals surface area contributed by atoms with Gasteiger partial charge in [0.25, 0.3) is 15.7 Å². The number of thioether (sulfide) groups is 1. The monoisotopic (exact) mass is 878 g/mol. The SMILES string of the molecule is O=[N+]([O-])c1cc(S(=O)(=O)Nc2ncnc3cc(N4CCN(Cc5cc(Cl)ccc5-c5ccccc5)CC4)ccc23)ccc1N[C@H](CCN1CCOCC1)CSc1ccccc1. The Labute approximate surface area is 365 Å². The Morgan fingerprint density at radius 1 is 0.836 bits per heavy atom. The third-order valence-corrected chi connectivity index (χ3v) is 13.8. The zero-order valence-electron chi connectivity index (χ0n) is 33.5. The fraction of sp³-hybridized carbons (Fsp3) is 0.289. The minimum atomic E-state index is -4.28. The van der Waals surface area contributed by atoms with E-state index in [9.17, 15) is 18.5 Å². The van der Waals surface area contributed by atoms with E-state index in [-0.39, 0.29) is 28.1 Å². The van der Waals surface area contributed by atoms with Crippen molar-refractivity contribution in [3.05, 3.63) is 142 Å². The van der Waals surface area contributed by atoms with Crippen LogP contribution in [-0.2, 0) is 21.3 Å². The highest BCUT2D eigenvalue weighted by molar-refractivity contribution is 7.99. The zero-order valence-corrected chi connectivity index (χ0v) is 35.9. The van der Waals surface area contributed by atoms with Crippen molar-refractivity contribution in [2.45, 2.75) is 28.8 Å². The highest BCUT2D eigenvalue weighted by atomic mass is 35.5. The van der Waals surface area contributed by atoms with Gasteiger partial charge in [0.1, 0.15) is 12.0 Å². The number of aromatic nitrogens is 2. The van der Waals surface area contributed by atoms with E-state index >= 15 is 0 Å². The number of nitro groups is 1. The first-order valence-corrected chi connectivity index (χ1v) is 23.1. The summed E-state index contributed by atoms with van der Waals surface area (Å²) in [5.74, 6) is 0.745. The van der Waals surface area contributed by atoms with Gasteiger partial charge in [-0.05, 0) is 77.7 Å². The minimum Gasteiger partial charge on any atom is -0.379 e. The molecular weight excluding hydrogens is 832 g/mol. The van der Waals surface area contributed by atoms with Crippen LogP contribution in [0.4, 0.5) is 22.9 Å². The molecule has 2 fully saturated rings. The van der Waals surface area contributed by atoms with E-state index in [1.807, 2.05) is 72.8 Å². The number of nitrogens with zero attached hydrogens (tertiary/aromatic N) is 6. The van der Waals surface area contributed by atoms with Crippen LogP contribution in [0.5, 0.6) is 0 Å². The molecule has 13 nitrogen and oxygen atoms in total. The van der Waals surface area contributed by atoms with Gasteiger partial charge < -0.3 is 15.0 Å². The van der Waals surface area contributed by atoms with Crippen LogP contribution in [-0.4, -0.2) is 104 Å². The van der Waals surface area contributed by atoms with E-state index in [1.165, 1.54) is 29.6 Å². The first kappa shape index (κ1) is 42.4. The summed E-state index contributed by atoms with van der Waals surface area (Å²) in [6.07, 6.45) is 2.05. The second kappa shape index (κ2) is 19.6. The van der Waals surface area contributed by atoms with E-state index in [0.717, 1.165) is 81.0 Å². The smallest absolute Gasteiger partial charge is 0.293 e. The molecule has 0 radical (unpaired) electrons. The molecule has 2 N–H and O–H groups in total. The Balaban J connectivity index is 0.939. The predicted molar refractivity (Wildman–Crippen MR) is 244 cm³/mol. The van der Waals surface area contributed by atoms with Crippen LogP contribution in [0, 0.1) is 10.1 Å². The van der Waals surface area contributed by atoms with Crippen molar-refractivity contribution in [2.75, 3.05) is 79.7 Å². The standard InChI is InChI=1S/C45H47ClN8O5S2/c46-35-11-14-40(33-7-3-1-4-8-33)34(27-35)30-52-19-21-53(22-20-52)37-12-15-41-43(28-37)47-32-48-45(41)50-61(57,58)39-13-16-42(44(29-39)54(55)56)49-36(17-18-51-23-25-59-26-24-51)31-60-38-9-5-2-6-10-38/h1-16,27-29,32,36,49H,17-26,30-31H2,(H,47,48,50)/t36-/m1/s1. The average molecular weight is 880 g/mol. The van der Waals surface area contributed by atoms with E-state index in [4.69, 9.17) is 16.3 Å². The van der Waals surface area contributed by atoms with Gasteiger partial charge in [-0.1, -0.05) is 66.2 Å². The fourth-order valence-electron chi connectivity index (χ4n) is 7.75. The lowest BCUT2D eigenvalue weighted by Gasteiger charge is -2.36. The van der Waals surface area contributed by atoms with Crippen molar-refractivity contribution >= 4 is 67.2 Å². The number of hydrogen-bond acceptors (Lipinski definition) is 12. The molecule has 0 aliphatic carbocycles. The largest absolute Gasteiger partial charge is 0.379 e. The molecular formula is C45H47ClN8O5S2. The van der Waals surface area contributed by atoms with Gasteiger partial charge in [0, 0.05) is 91.2 Å². The lowest BCUT2D eigenvalue weighted by atomic mass is 9.99. The average Bonchev–Trinajstić information content (AvgIpc) is 3.28. The maximum absolute atomic E-state index is 13.8. The molecule has 2 saturated heterocycles. The summed E-state index contributed by atoms with van der Waals surface area (Å²) in [4.78, 5) is 28.5. The topological polar surface area (TPSA) is 146 Å². The summed E-state index contributed by atoms with van der Waals surface area (Å²) in [5.41, 5.74) is 4.99. The molecule has 0 bridgehead atoms. The molecule has 6 aromatic rings. The van der Waals surface area contributed by atoms with Gasteiger partial charge in [-0.2, -0.15) is 0 Å². The van der Waals surface area contributed by atoms with Crippen LogP contribution >= 0.6 is 23.4 Å². The van der Waals surface area contributed by atoms with E-state index < -0.39 is 14.9 Å². The maximum Gasteiger partial charge on any atom is 0.293 e. The molecule has 0 saturated carbocycles. The molecule has 0 amide bonds. The lowest BCUT2D eigenvalue weighted by molar-refractivity contribution is -0.384. The van der Waals surface area contributed by atoms with Gasteiger partial charge in [0.05, 0.1) is 28.5 Å². The van der Waals surface area contributed by atoms with E-state index in [2.05, 4.69) is 59.0 Å². The van der Waals surface area contributed by atoms with Crippen LogP contribution < -0.4 is 14.9 Å². The first-order chi connectivity index (χ1) is 29.7. The number of ether oxygens (including phenoxy) is 1. The number of benzene rings is 5. The molecule has 1 atom stereocenters. The molecule has 2 aliphatic rings. The van der Waals surface area contributed by atoms with Crippen molar-refractivity contribution in [3.63, 3.8) is 0 Å². The molecule has 316 valence electrons. The molecule has 61 heavy (non-hydrogen) atoms. The van der Waals surface area contributed by atoms with Gasteiger partial charge in [0.15, 0.2) is 5.82 Å². The normalized spacial score (nSPS) is 15.7.